The Bertz CT molecular complexity index is 630. The number of hydrogen-bond acceptors (Lipinski definition) is 6. The fourth-order valence-corrected chi connectivity index (χ4v) is 1.65. The van der Waals surface area contributed by atoms with Crippen molar-refractivity contribution >= 4 is 23.2 Å². The van der Waals surface area contributed by atoms with E-state index in [4.69, 9.17) is 11.6 Å². The van der Waals surface area contributed by atoms with E-state index in [1.807, 2.05) is 0 Å². The molecule has 0 aliphatic carbocycles. The van der Waals surface area contributed by atoms with Crippen molar-refractivity contribution in [1.82, 2.24) is 25.5 Å². The van der Waals surface area contributed by atoms with Crippen LogP contribution in [0.15, 0.2) is 18.6 Å². The number of halogens is 1. The second-order valence-electron chi connectivity index (χ2n) is 3.72. The molecule has 0 unspecified atom stereocenters. The van der Waals surface area contributed by atoms with Crippen LogP contribution < -0.4 is 5.32 Å². The van der Waals surface area contributed by atoms with Gasteiger partial charge in [0.15, 0.2) is 0 Å². The number of nitrogens with zero attached hydrogens (tertiary/aromatic N) is 4. The van der Waals surface area contributed by atoms with Crippen molar-refractivity contribution in [2.75, 3.05) is 6.54 Å². The highest BCUT2D eigenvalue weighted by Crippen LogP contribution is 2.20. The van der Waals surface area contributed by atoms with Crippen LogP contribution in [-0.2, 0) is 6.42 Å². The van der Waals surface area contributed by atoms with Crippen molar-refractivity contribution < 1.29 is 9.72 Å². The first-order valence-corrected chi connectivity index (χ1v) is 5.88. The SMILES string of the molecule is O=C(NCCc1ncn[nH]1)c1cc(Cl)ncc1[N+](=O)[O-]. The van der Waals surface area contributed by atoms with Crippen LogP contribution in [0, 0.1) is 10.1 Å². The minimum atomic E-state index is -0.686. The number of nitrogens with one attached hydrogen (secondary N) is 2. The predicted molar refractivity (Wildman–Crippen MR) is 68.3 cm³/mol. The molecule has 2 heterocycles. The third kappa shape index (κ3) is 3.26. The van der Waals surface area contributed by atoms with Crippen molar-refractivity contribution in [3.63, 3.8) is 0 Å². The molecule has 10 heteroatoms. The van der Waals surface area contributed by atoms with Crippen molar-refractivity contribution in [3.05, 3.63) is 45.2 Å². The van der Waals surface area contributed by atoms with Gasteiger partial charge in [0, 0.05) is 13.0 Å². The maximum Gasteiger partial charge on any atom is 0.300 e. The number of aromatic amines is 1. The molecule has 2 aromatic heterocycles. The van der Waals surface area contributed by atoms with Crippen LogP contribution in [0.4, 0.5) is 5.69 Å². The zero-order valence-electron chi connectivity index (χ0n) is 10.0. The molecule has 20 heavy (non-hydrogen) atoms. The van der Waals surface area contributed by atoms with Gasteiger partial charge in [-0.3, -0.25) is 20.0 Å². The van der Waals surface area contributed by atoms with Crippen molar-refractivity contribution in [3.8, 4) is 0 Å². The highest BCUT2D eigenvalue weighted by Gasteiger charge is 2.21. The summed E-state index contributed by atoms with van der Waals surface area (Å²) < 4.78 is 0. The molecule has 0 aromatic carbocycles. The Morgan fingerprint density at radius 2 is 2.30 bits per heavy atom. The number of aromatic nitrogens is 4. The number of amides is 1. The number of carbonyl (C=O) groups is 1. The quantitative estimate of drug-likeness (QED) is 0.476. The number of carbonyl (C=O) groups excluding carboxylic acids is 1. The molecule has 0 radical (unpaired) electrons. The third-order valence-corrected chi connectivity index (χ3v) is 2.61. The third-order valence-electron chi connectivity index (χ3n) is 2.40. The molecule has 1 amide bonds. The number of nitro groups is 1. The smallest absolute Gasteiger partial charge is 0.300 e. The minimum absolute atomic E-state index is 0.0102. The molecule has 2 aromatic rings. The summed E-state index contributed by atoms with van der Waals surface area (Å²) in [6, 6.07) is 1.16. The molecular formula is C10H9ClN6O3. The van der Waals surface area contributed by atoms with E-state index in [0.29, 0.717) is 12.2 Å². The summed E-state index contributed by atoms with van der Waals surface area (Å²) in [5.74, 6) is 0.00748. The summed E-state index contributed by atoms with van der Waals surface area (Å²) in [4.78, 5) is 29.5. The van der Waals surface area contributed by atoms with Crippen LogP contribution in [-0.4, -0.2) is 37.5 Å². The molecule has 2 rings (SSSR count). The lowest BCUT2D eigenvalue weighted by molar-refractivity contribution is -0.385. The summed E-state index contributed by atoms with van der Waals surface area (Å²) in [7, 11) is 0. The van der Waals surface area contributed by atoms with E-state index in [2.05, 4.69) is 25.5 Å². The van der Waals surface area contributed by atoms with E-state index in [-0.39, 0.29) is 17.3 Å². The van der Waals surface area contributed by atoms with E-state index in [9.17, 15) is 14.9 Å². The van der Waals surface area contributed by atoms with Gasteiger partial charge < -0.3 is 5.32 Å². The van der Waals surface area contributed by atoms with Crippen LogP contribution in [0.5, 0.6) is 0 Å². The molecule has 0 aliphatic heterocycles. The molecule has 0 spiro atoms. The lowest BCUT2D eigenvalue weighted by atomic mass is 10.2. The van der Waals surface area contributed by atoms with Gasteiger partial charge in [0.25, 0.3) is 11.6 Å². The average molecular weight is 297 g/mol. The van der Waals surface area contributed by atoms with Gasteiger partial charge in [-0.15, -0.1) is 0 Å². The number of hydrogen-bond donors (Lipinski definition) is 2. The van der Waals surface area contributed by atoms with E-state index < -0.39 is 16.5 Å². The minimum Gasteiger partial charge on any atom is -0.351 e. The van der Waals surface area contributed by atoms with E-state index in [1.165, 1.54) is 6.33 Å². The summed E-state index contributed by atoms with van der Waals surface area (Å²) in [6.45, 7) is 0.255. The Labute approximate surface area is 117 Å². The Morgan fingerprint density at radius 3 is 2.95 bits per heavy atom. The zero-order valence-corrected chi connectivity index (χ0v) is 10.8. The van der Waals surface area contributed by atoms with Gasteiger partial charge in [-0.1, -0.05) is 11.6 Å². The van der Waals surface area contributed by atoms with Gasteiger partial charge >= 0.3 is 0 Å². The van der Waals surface area contributed by atoms with Crippen molar-refractivity contribution in [1.29, 1.82) is 0 Å². The molecule has 0 saturated heterocycles. The standard InChI is InChI=1S/C10H9ClN6O3/c11-8-3-6(7(4-13-8)17(19)20)10(18)12-2-1-9-14-5-15-16-9/h3-5H,1-2H2,(H,12,18)(H,14,15,16). The van der Waals surface area contributed by atoms with Crippen LogP contribution in [0.2, 0.25) is 5.15 Å². The fraction of sp³-hybridized carbons (Fsp3) is 0.200. The largest absolute Gasteiger partial charge is 0.351 e. The predicted octanol–water partition coefficient (Wildman–Crippen LogP) is 0.734. The lowest BCUT2D eigenvalue weighted by Gasteiger charge is -2.04. The molecule has 0 atom stereocenters. The average Bonchev–Trinajstić information content (AvgIpc) is 2.91. The van der Waals surface area contributed by atoms with Crippen LogP contribution in [0.3, 0.4) is 0 Å². The Kier molecular flexibility index (Phi) is 4.20. The number of H-pyrrole nitrogens is 1. The maximum absolute atomic E-state index is 11.9. The lowest BCUT2D eigenvalue weighted by Crippen LogP contribution is -2.26. The molecule has 0 bridgehead atoms. The molecule has 0 aliphatic rings. The number of pyridine rings is 1. The monoisotopic (exact) mass is 296 g/mol. The highest BCUT2D eigenvalue weighted by atomic mass is 35.5. The first kappa shape index (κ1) is 13.9. The van der Waals surface area contributed by atoms with Gasteiger partial charge in [0.05, 0.1) is 4.92 Å². The topological polar surface area (TPSA) is 127 Å². The Morgan fingerprint density at radius 1 is 1.50 bits per heavy atom. The molecule has 9 nitrogen and oxygen atoms in total. The molecule has 104 valence electrons. The maximum atomic E-state index is 11.9. The Balaban J connectivity index is 2.05. The van der Waals surface area contributed by atoms with Gasteiger partial charge in [0.2, 0.25) is 0 Å². The summed E-state index contributed by atoms with van der Waals surface area (Å²) >= 11 is 5.64. The second-order valence-corrected chi connectivity index (χ2v) is 4.11. The Hall–Kier alpha value is -2.55. The van der Waals surface area contributed by atoms with E-state index >= 15 is 0 Å². The normalized spacial score (nSPS) is 10.2. The molecule has 2 N–H and O–H groups in total. The zero-order chi connectivity index (χ0) is 14.5. The van der Waals surface area contributed by atoms with Gasteiger partial charge in [-0.2, -0.15) is 5.10 Å². The number of rotatable bonds is 5. The molecule has 0 saturated carbocycles. The summed E-state index contributed by atoms with van der Waals surface area (Å²) in [5.41, 5.74) is -0.529. The fourth-order valence-electron chi connectivity index (χ4n) is 1.49. The highest BCUT2D eigenvalue weighted by molar-refractivity contribution is 6.29. The van der Waals surface area contributed by atoms with Crippen molar-refractivity contribution in [2.45, 2.75) is 6.42 Å². The van der Waals surface area contributed by atoms with Gasteiger partial charge in [-0.25, -0.2) is 9.97 Å². The van der Waals surface area contributed by atoms with Crippen LogP contribution in [0.25, 0.3) is 0 Å². The van der Waals surface area contributed by atoms with Crippen molar-refractivity contribution in [2.24, 2.45) is 0 Å². The van der Waals surface area contributed by atoms with Crippen LogP contribution in [0.1, 0.15) is 16.2 Å². The molecule has 0 fully saturated rings. The molecular weight excluding hydrogens is 288 g/mol. The summed E-state index contributed by atoms with van der Waals surface area (Å²) in [5, 5.41) is 19.7. The second kappa shape index (κ2) is 6.06. The van der Waals surface area contributed by atoms with E-state index in [0.717, 1.165) is 12.3 Å². The van der Waals surface area contributed by atoms with Crippen LogP contribution >= 0.6 is 11.6 Å². The summed E-state index contributed by atoms with van der Waals surface area (Å²) in [6.07, 6.45) is 2.73. The van der Waals surface area contributed by atoms with Gasteiger partial charge in [0.1, 0.15) is 29.1 Å². The first-order chi connectivity index (χ1) is 9.58. The van der Waals surface area contributed by atoms with Gasteiger partial charge in [-0.05, 0) is 6.07 Å². The first-order valence-electron chi connectivity index (χ1n) is 5.50. The van der Waals surface area contributed by atoms with E-state index in [1.54, 1.807) is 0 Å².